The highest BCUT2D eigenvalue weighted by molar-refractivity contribution is 5.91. The number of alkyl halides is 3. The zero-order valence-corrected chi connectivity index (χ0v) is 9.38. The van der Waals surface area contributed by atoms with Gasteiger partial charge in [-0.3, -0.25) is 14.9 Å². The van der Waals surface area contributed by atoms with E-state index in [1.807, 2.05) is 0 Å². The van der Waals surface area contributed by atoms with E-state index in [-0.39, 0.29) is 0 Å². The van der Waals surface area contributed by atoms with Crippen LogP contribution < -0.4 is 0 Å². The Labute approximate surface area is 104 Å². The van der Waals surface area contributed by atoms with Crippen LogP contribution in [0.25, 0.3) is 0 Å². The van der Waals surface area contributed by atoms with Crippen LogP contribution in [0.15, 0.2) is 16.5 Å². The van der Waals surface area contributed by atoms with Gasteiger partial charge in [0.05, 0.1) is 12.7 Å². The van der Waals surface area contributed by atoms with Gasteiger partial charge in [-0.25, -0.2) is 0 Å². The van der Waals surface area contributed by atoms with Crippen molar-refractivity contribution in [2.24, 2.45) is 0 Å². The molecule has 1 amide bonds. The van der Waals surface area contributed by atoms with E-state index in [0.717, 1.165) is 12.1 Å². The molecule has 7 nitrogen and oxygen atoms in total. The molecular weight excluding hydrogens is 273 g/mol. The Kier molecular flexibility index (Phi) is 4.48. The molecule has 0 aliphatic heterocycles. The number of carbonyl (C=O) groups is 1. The number of nitrogens with zero attached hydrogens (tertiary/aromatic N) is 2. The quantitative estimate of drug-likeness (QED) is 0.646. The van der Waals surface area contributed by atoms with E-state index in [4.69, 9.17) is 5.11 Å². The van der Waals surface area contributed by atoms with E-state index in [9.17, 15) is 28.1 Å². The number of aliphatic hydroxyl groups is 1. The van der Waals surface area contributed by atoms with E-state index in [1.54, 1.807) is 0 Å². The molecule has 0 unspecified atom stereocenters. The first-order valence-corrected chi connectivity index (χ1v) is 4.95. The van der Waals surface area contributed by atoms with Crippen molar-refractivity contribution < 1.29 is 32.4 Å². The maximum Gasteiger partial charge on any atom is 0.433 e. The van der Waals surface area contributed by atoms with Crippen LogP contribution in [0.3, 0.4) is 0 Å². The number of furan rings is 1. The number of halogens is 3. The maximum atomic E-state index is 12.2. The number of carbonyl (C=O) groups excluding carboxylic acids is 1. The summed E-state index contributed by atoms with van der Waals surface area (Å²) >= 11 is 0. The highest BCUT2D eigenvalue weighted by Gasteiger charge is 2.34. The van der Waals surface area contributed by atoms with Crippen LogP contribution in [0.1, 0.15) is 10.6 Å². The smallest absolute Gasteiger partial charge is 0.395 e. The number of hydrogen-bond acceptors (Lipinski definition) is 5. The van der Waals surface area contributed by atoms with Crippen molar-refractivity contribution in [1.82, 2.24) is 4.90 Å². The van der Waals surface area contributed by atoms with Gasteiger partial charge in [-0.1, -0.05) is 0 Å². The van der Waals surface area contributed by atoms with Crippen molar-refractivity contribution in [3.05, 3.63) is 28.0 Å². The minimum Gasteiger partial charge on any atom is -0.395 e. The number of aliphatic hydroxyl groups excluding tert-OH is 1. The molecule has 1 N–H and O–H groups in total. The number of nitro groups is 1. The monoisotopic (exact) mass is 282 g/mol. The first-order valence-electron chi connectivity index (χ1n) is 4.95. The predicted octanol–water partition coefficient (Wildman–Crippen LogP) is 1.18. The summed E-state index contributed by atoms with van der Waals surface area (Å²) in [6.45, 7) is -2.82. The summed E-state index contributed by atoms with van der Waals surface area (Å²) in [7, 11) is 0. The fourth-order valence-corrected chi connectivity index (χ4v) is 1.29. The third-order valence-corrected chi connectivity index (χ3v) is 2.01. The summed E-state index contributed by atoms with van der Waals surface area (Å²) in [4.78, 5) is 21.3. The fourth-order valence-electron chi connectivity index (χ4n) is 1.29. The minimum atomic E-state index is -4.65. The van der Waals surface area contributed by atoms with Crippen LogP contribution in [0.2, 0.25) is 0 Å². The Bertz CT molecular complexity index is 471. The summed E-state index contributed by atoms with van der Waals surface area (Å²) < 4.78 is 41.2. The largest absolute Gasteiger partial charge is 0.433 e. The SMILES string of the molecule is O=C(c1ccc([N+](=O)[O-])o1)N(CCO)CC(F)(F)F. The fraction of sp³-hybridized carbons (Fsp3) is 0.444. The molecule has 1 aromatic rings. The van der Waals surface area contributed by atoms with Crippen LogP contribution in [0.5, 0.6) is 0 Å². The molecule has 1 heterocycles. The molecular formula is C9H9F3N2O5. The average molecular weight is 282 g/mol. The summed E-state index contributed by atoms with van der Waals surface area (Å²) in [5.41, 5.74) is 0. The van der Waals surface area contributed by atoms with Crippen LogP contribution in [-0.2, 0) is 0 Å². The van der Waals surface area contributed by atoms with Crippen LogP contribution in [-0.4, -0.2) is 46.7 Å². The van der Waals surface area contributed by atoms with Gasteiger partial charge in [0.25, 0.3) is 5.91 Å². The van der Waals surface area contributed by atoms with Crippen molar-refractivity contribution >= 4 is 11.8 Å². The molecule has 0 aliphatic carbocycles. The molecule has 0 fully saturated rings. The van der Waals surface area contributed by atoms with Gasteiger partial charge in [-0.2, -0.15) is 13.2 Å². The van der Waals surface area contributed by atoms with E-state index in [2.05, 4.69) is 4.42 Å². The molecule has 10 heteroatoms. The molecule has 0 saturated carbocycles. The van der Waals surface area contributed by atoms with Gasteiger partial charge in [-0.15, -0.1) is 0 Å². The molecule has 0 radical (unpaired) electrons. The zero-order valence-electron chi connectivity index (χ0n) is 9.38. The Hall–Kier alpha value is -2.10. The third kappa shape index (κ3) is 4.25. The lowest BCUT2D eigenvalue weighted by Gasteiger charge is -2.21. The van der Waals surface area contributed by atoms with Gasteiger partial charge >= 0.3 is 12.1 Å². The Morgan fingerprint density at radius 1 is 1.47 bits per heavy atom. The molecule has 106 valence electrons. The highest BCUT2D eigenvalue weighted by Crippen LogP contribution is 2.20. The Morgan fingerprint density at radius 2 is 2.11 bits per heavy atom. The van der Waals surface area contributed by atoms with Gasteiger partial charge in [0, 0.05) is 6.54 Å². The Balaban J connectivity index is 2.89. The lowest BCUT2D eigenvalue weighted by atomic mass is 10.3. The molecule has 0 aliphatic rings. The molecule has 19 heavy (non-hydrogen) atoms. The summed E-state index contributed by atoms with van der Waals surface area (Å²) in [6, 6.07) is 1.76. The van der Waals surface area contributed by atoms with Crippen molar-refractivity contribution in [3.63, 3.8) is 0 Å². The minimum absolute atomic E-state index is 0.294. The van der Waals surface area contributed by atoms with Crippen molar-refractivity contribution in [3.8, 4) is 0 Å². The maximum absolute atomic E-state index is 12.2. The topological polar surface area (TPSA) is 96.8 Å². The highest BCUT2D eigenvalue weighted by atomic mass is 19.4. The number of amides is 1. The molecule has 0 aromatic carbocycles. The first-order chi connectivity index (χ1) is 8.74. The van der Waals surface area contributed by atoms with Gasteiger partial charge in [0.2, 0.25) is 0 Å². The van der Waals surface area contributed by atoms with Gasteiger partial charge < -0.3 is 14.4 Å². The predicted molar refractivity (Wildman–Crippen MR) is 54.4 cm³/mol. The molecule has 0 atom stereocenters. The van der Waals surface area contributed by atoms with E-state index >= 15 is 0 Å². The molecule has 0 saturated heterocycles. The molecule has 0 spiro atoms. The lowest BCUT2D eigenvalue weighted by molar-refractivity contribution is -0.402. The standard InChI is InChI=1S/C9H9F3N2O5/c10-9(11,12)5-13(3-4-15)8(16)6-1-2-7(19-6)14(17)18/h1-2,15H,3-5H2. The van der Waals surface area contributed by atoms with Gasteiger partial charge in [-0.05, 0) is 6.07 Å². The molecule has 0 bridgehead atoms. The van der Waals surface area contributed by atoms with Gasteiger partial charge in [0.15, 0.2) is 5.76 Å². The third-order valence-electron chi connectivity index (χ3n) is 2.01. The molecule has 1 aromatic heterocycles. The van der Waals surface area contributed by atoms with Gasteiger partial charge in [0.1, 0.15) is 11.5 Å². The molecule has 1 rings (SSSR count). The summed E-state index contributed by atoms with van der Waals surface area (Å²) in [5.74, 6) is -2.52. The normalized spacial score (nSPS) is 11.4. The van der Waals surface area contributed by atoms with E-state index in [0.29, 0.717) is 4.90 Å². The Morgan fingerprint density at radius 3 is 2.53 bits per heavy atom. The van der Waals surface area contributed by atoms with Crippen molar-refractivity contribution in [1.29, 1.82) is 0 Å². The average Bonchev–Trinajstić information content (AvgIpc) is 2.75. The van der Waals surface area contributed by atoms with Crippen LogP contribution in [0, 0.1) is 10.1 Å². The van der Waals surface area contributed by atoms with Crippen molar-refractivity contribution in [2.75, 3.05) is 19.7 Å². The second kappa shape index (κ2) is 5.69. The second-order valence-electron chi connectivity index (χ2n) is 3.46. The summed E-state index contributed by atoms with van der Waals surface area (Å²) in [5, 5.41) is 19.0. The van der Waals surface area contributed by atoms with Crippen molar-refractivity contribution in [2.45, 2.75) is 6.18 Å². The lowest BCUT2D eigenvalue weighted by Crippen LogP contribution is -2.40. The van der Waals surface area contributed by atoms with E-state index in [1.165, 1.54) is 0 Å². The van der Waals surface area contributed by atoms with Crippen LogP contribution >= 0.6 is 0 Å². The van der Waals surface area contributed by atoms with Crippen LogP contribution in [0.4, 0.5) is 19.1 Å². The van der Waals surface area contributed by atoms with E-state index < -0.39 is 48.3 Å². The number of rotatable bonds is 5. The zero-order chi connectivity index (χ0) is 14.6. The first kappa shape index (κ1) is 15.0. The number of hydrogen-bond donors (Lipinski definition) is 1. The second-order valence-corrected chi connectivity index (χ2v) is 3.46. The summed E-state index contributed by atoms with van der Waals surface area (Å²) in [6.07, 6.45) is -4.65.